The van der Waals surface area contributed by atoms with Crippen molar-refractivity contribution < 1.29 is 53.0 Å². The molecule has 5 rings (SSSR count). The number of carbonyl (C=O) groups excluding carboxylic acids is 1. The summed E-state index contributed by atoms with van der Waals surface area (Å²) in [5.41, 5.74) is 5.02. The van der Waals surface area contributed by atoms with E-state index < -0.39 is 17.6 Å². The quantitative estimate of drug-likeness (QED) is 0.373. The van der Waals surface area contributed by atoms with Crippen LogP contribution in [0.4, 0.5) is 8.78 Å². The molecule has 1 unspecified atom stereocenters. The molecular weight excluding hydrogens is 491 g/mol. The number of halogens is 2. The molecular formula is C28H20F2NNaO3S. The molecule has 0 bridgehead atoms. The van der Waals surface area contributed by atoms with Gasteiger partial charge in [0.1, 0.15) is 12.4 Å². The summed E-state index contributed by atoms with van der Waals surface area (Å²) < 4.78 is 33.2. The molecule has 1 atom stereocenters. The maximum atomic E-state index is 13.6. The molecule has 0 N–H and O–H groups in total. The van der Waals surface area contributed by atoms with Gasteiger partial charge in [0.2, 0.25) is 0 Å². The Labute approximate surface area is 233 Å². The van der Waals surface area contributed by atoms with Gasteiger partial charge in [0, 0.05) is 23.0 Å². The van der Waals surface area contributed by atoms with Crippen molar-refractivity contribution in [3.63, 3.8) is 0 Å². The van der Waals surface area contributed by atoms with E-state index in [0.717, 1.165) is 40.1 Å². The minimum absolute atomic E-state index is 0. The van der Waals surface area contributed by atoms with Gasteiger partial charge in [-0.25, -0.2) is 13.8 Å². The summed E-state index contributed by atoms with van der Waals surface area (Å²) in [4.78, 5) is 15.4. The molecule has 0 radical (unpaired) electrons. The first-order valence-corrected chi connectivity index (χ1v) is 12.1. The first-order chi connectivity index (χ1) is 17.0. The fourth-order valence-electron chi connectivity index (χ4n) is 4.10. The summed E-state index contributed by atoms with van der Waals surface area (Å²) in [6, 6.07) is 19.6. The van der Waals surface area contributed by atoms with Crippen molar-refractivity contribution in [3.05, 3.63) is 106 Å². The smallest absolute Gasteiger partial charge is 0.550 e. The maximum Gasteiger partial charge on any atom is 1.00 e. The molecule has 36 heavy (non-hydrogen) atoms. The largest absolute Gasteiger partial charge is 1.00 e. The Morgan fingerprint density at radius 2 is 1.83 bits per heavy atom. The third kappa shape index (κ3) is 5.81. The number of carboxylic acids is 1. The van der Waals surface area contributed by atoms with E-state index in [-0.39, 0.29) is 41.2 Å². The number of aliphatic carboxylic acids is 1. The van der Waals surface area contributed by atoms with E-state index in [2.05, 4.69) is 4.98 Å². The van der Waals surface area contributed by atoms with Crippen LogP contribution in [0.15, 0.2) is 66.7 Å². The molecule has 8 heteroatoms. The molecule has 2 heterocycles. The van der Waals surface area contributed by atoms with Gasteiger partial charge in [-0.05, 0) is 59.2 Å². The monoisotopic (exact) mass is 511 g/mol. The number of thioether (sulfide) groups is 1. The van der Waals surface area contributed by atoms with Gasteiger partial charge < -0.3 is 14.6 Å². The van der Waals surface area contributed by atoms with Gasteiger partial charge in [-0.1, -0.05) is 42.5 Å². The van der Waals surface area contributed by atoms with E-state index >= 15 is 0 Å². The van der Waals surface area contributed by atoms with Crippen LogP contribution in [-0.2, 0) is 11.4 Å². The molecule has 4 aromatic rings. The standard InChI is InChI=1S/C28H21F2NO3S.Na/c29-23-14-18-7-9-20(31-25(18)15-24(23)30)8-5-17-6-10-26-22(13-17)28(35-12-11-27(32)33)21-4-2-1-3-19(21)16-34-26;/h1-10,13-15,28H,11-12,16H2,(H,32,33);/q;+1/p-1. The number of rotatable bonds is 6. The number of carboxylic acid groups (broad SMARTS) is 1. The number of ether oxygens (including phenoxy) is 1. The van der Waals surface area contributed by atoms with Crippen molar-refractivity contribution in [2.24, 2.45) is 0 Å². The minimum Gasteiger partial charge on any atom is -0.550 e. The molecule has 1 aliphatic heterocycles. The number of pyridine rings is 1. The third-order valence-electron chi connectivity index (χ3n) is 5.83. The molecule has 0 saturated carbocycles. The van der Waals surface area contributed by atoms with Gasteiger partial charge in [-0.3, -0.25) is 0 Å². The van der Waals surface area contributed by atoms with Crippen molar-refractivity contribution in [2.45, 2.75) is 18.3 Å². The first kappa shape index (κ1) is 26.4. The molecule has 0 spiro atoms. The minimum atomic E-state index is -1.07. The van der Waals surface area contributed by atoms with Crippen molar-refractivity contribution in [2.75, 3.05) is 5.75 Å². The summed E-state index contributed by atoms with van der Waals surface area (Å²) in [5.74, 6) is -1.73. The van der Waals surface area contributed by atoms with Crippen molar-refractivity contribution in [1.29, 1.82) is 0 Å². The Kier molecular flexibility index (Phi) is 8.46. The van der Waals surface area contributed by atoms with E-state index in [1.807, 2.05) is 54.6 Å². The zero-order valence-electron chi connectivity index (χ0n) is 19.5. The van der Waals surface area contributed by atoms with Crippen LogP contribution in [-0.4, -0.2) is 16.7 Å². The molecule has 0 amide bonds. The predicted octanol–water partition coefficient (Wildman–Crippen LogP) is 2.54. The van der Waals surface area contributed by atoms with Crippen LogP contribution in [0.3, 0.4) is 0 Å². The Morgan fingerprint density at radius 1 is 1.03 bits per heavy atom. The van der Waals surface area contributed by atoms with E-state index in [1.54, 1.807) is 23.9 Å². The fourth-order valence-corrected chi connectivity index (χ4v) is 5.39. The van der Waals surface area contributed by atoms with Crippen LogP contribution in [0.1, 0.15) is 39.6 Å². The summed E-state index contributed by atoms with van der Waals surface area (Å²) in [6.45, 7) is 0.439. The van der Waals surface area contributed by atoms with Gasteiger partial charge >= 0.3 is 29.6 Å². The Hall–Kier alpha value is -2.71. The molecule has 3 aromatic carbocycles. The second kappa shape index (κ2) is 11.6. The third-order valence-corrected chi connectivity index (χ3v) is 7.11. The van der Waals surface area contributed by atoms with E-state index in [4.69, 9.17) is 4.74 Å². The summed E-state index contributed by atoms with van der Waals surface area (Å²) in [7, 11) is 0. The van der Waals surface area contributed by atoms with Gasteiger partial charge in [-0.15, -0.1) is 11.8 Å². The van der Waals surface area contributed by atoms with Crippen LogP contribution >= 0.6 is 11.8 Å². The second-order valence-electron chi connectivity index (χ2n) is 8.19. The van der Waals surface area contributed by atoms with Crippen LogP contribution < -0.4 is 39.4 Å². The van der Waals surface area contributed by atoms with Gasteiger partial charge in [-0.2, -0.15) is 0 Å². The van der Waals surface area contributed by atoms with Crippen molar-refractivity contribution >= 4 is 40.8 Å². The molecule has 4 nitrogen and oxygen atoms in total. The number of benzene rings is 3. The van der Waals surface area contributed by atoms with Crippen molar-refractivity contribution in [3.8, 4) is 5.75 Å². The van der Waals surface area contributed by atoms with Crippen LogP contribution in [0, 0.1) is 11.6 Å². The normalized spacial score (nSPS) is 14.4. The topological polar surface area (TPSA) is 62.2 Å². The number of aromatic nitrogens is 1. The predicted molar refractivity (Wildman–Crippen MR) is 132 cm³/mol. The SMILES string of the molecule is O=C([O-])CCSC1c2ccccc2COc2ccc(C=Cc3ccc4cc(F)c(F)cc4n3)cc21.[Na+]. The van der Waals surface area contributed by atoms with Crippen LogP contribution in [0.25, 0.3) is 23.1 Å². The molecule has 1 aliphatic rings. The maximum absolute atomic E-state index is 13.6. The fraction of sp³-hybridized carbons (Fsp3) is 0.143. The summed E-state index contributed by atoms with van der Waals surface area (Å²) in [6.07, 6.45) is 3.68. The molecule has 176 valence electrons. The van der Waals surface area contributed by atoms with Crippen LogP contribution in [0.2, 0.25) is 0 Å². The Morgan fingerprint density at radius 3 is 2.67 bits per heavy atom. The summed E-state index contributed by atoms with van der Waals surface area (Å²) >= 11 is 1.55. The molecule has 0 saturated heterocycles. The second-order valence-corrected chi connectivity index (χ2v) is 9.40. The Balaban J connectivity index is 0.00000304. The van der Waals surface area contributed by atoms with Crippen LogP contribution in [0.5, 0.6) is 5.75 Å². The van der Waals surface area contributed by atoms with Gasteiger partial charge in [0.05, 0.1) is 16.5 Å². The zero-order valence-corrected chi connectivity index (χ0v) is 22.4. The number of carbonyl (C=O) groups is 1. The first-order valence-electron chi connectivity index (χ1n) is 11.1. The zero-order chi connectivity index (χ0) is 24.4. The van der Waals surface area contributed by atoms with E-state index in [1.165, 1.54) is 0 Å². The number of hydrogen-bond donors (Lipinski definition) is 0. The van der Waals surface area contributed by atoms with E-state index in [0.29, 0.717) is 29.0 Å². The molecule has 0 aliphatic carbocycles. The number of fused-ring (bicyclic) bond motifs is 3. The average Bonchev–Trinajstić information content (AvgIpc) is 3.00. The number of nitrogens with zero attached hydrogens (tertiary/aromatic N) is 1. The molecule has 0 fully saturated rings. The number of hydrogen-bond acceptors (Lipinski definition) is 5. The molecule has 1 aromatic heterocycles. The van der Waals surface area contributed by atoms with Gasteiger partial charge in [0.15, 0.2) is 11.6 Å². The van der Waals surface area contributed by atoms with E-state index in [9.17, 15) is 18.7 Å². The Bertz CT molecular complexity index is 1460. The van der Waals surface area contributed by atoms with Crippen molar-refractivity contribution in [1.82, 2.24) is 4.98 Å². The summed E-state index contributed by atoms with van der Waals surface area (Å²) in [5, 5.41) is 11.4. The average molecular weight is 512 g/mol. The van der Waals surface area contributed by atoms with Gasteiger partial charge in [0.25, 0.3) is 0 Å².